The van der Waals surface area contributed by atoms with E-state index < -0.39 is 10.0 Å². The largest absolute Gasteiger partial charge is 0.326 e. The molecule has 6 rings (SSSR count). The third-order valence-electron chi connectivity index (χ3n) is 5.94. The Morgan fingerprint density at radius 1 is 0.941 bits per heavy atom. The van der Waals surface area contributed by atoms with Crippen molar-refractivity contribution < 1.29 is 13.2 Å². The maximum Gasteiger partial charge on any atom is 0.269 e. The highest BCUT2D eigenvalue weighted by molar-refractivity contribution is 7.90. The lowest BCUT2D eigenvalue weighted by atomic mass is 10.0. The molecule has 0 atom stereocenters. The fourth-order valence-corrected chi connectivity index (χ4v) is 5.79. The number of amides is 1. The van der Waals surface area contributed by atoms with Crippen molar-refractivity contribution in [1.29, 1.82) is 0 Å². The first-order chi connectivity index (χ1) is 16.5. The number of nitrogens with one attached hydrogen (secondary N) is 2. The van der Waals surface area contributed by atoms with E-state index in [4.69, 9.17) is 0 Å². The van der Waals surface area contributed by atoms with Crippen LogP contribution in [0.4, 0.5) is 17.3 Å². The topological polar surface area (TPSA) is 106 Å². The van der Waals surface area contributed by atoms with Gasteiger partial charge in [-0.25, -0.2) is 17.4 Å². The number of fused-ring (bicyclic) bond motifs is 3. The van der Waals surface area contributed by atoms with Gasteiger partial charge in [0.05, 0.1) is 4.90 Å². The monoisotopic (exact) mass is 469 g/mol. The molecule has 2 aromatic heterocycles. The minimum Gasteiger partial charge on any atom is -0.326 e. The molecule has 1 aliphatic rings. The number of aryl methyl sites for hydroxylation is 1. The maximum absolute atomic E-state index is 13.6. The molecule has 0 saturated heterocycles. The van der Waals surface area contributed by atoms with Crippen LogP contribution in [0.25, 0.3) is 21.8 Å². The summed E-state index contributed by atoms with van der Waals surface area (Å²) in [4.78, 5) is 20.7. The van der Waals surface area contributed by atoms with Gasteiger partial charge in [-0.2, -0.15) is 4.98 Å². The van der Waals surface area contributed by atoms with Crippen molar-refractivity contribution in [3.8, 4) is 0 Å². The summed E-state index contributed by atoms with van der Waals surface area (Å²) in [5.41, 5.74) is 2.86. The zero-order chi connectivity index (χ0) is 23.3. The Morgan fingerprint density at radius 2 is 1.79 bits per heavy atom. The van der Waals surface area contributed by atoms with Gasteiger partial charge in [0.2, 0.25) is 11.9 Å². The summed E-state index contributed by atoms with van der Waals surface area (Å²) in [6.45, 7) is 0. The van der Waals surface area contributed by atoms with Crippen molar-refractivity contribution in [1.82, 2.24) is 13.9 Å². The van der Waals surface area contributed by atoms with Gasteiger partial charge in [-0.3, -0.25) is 4.79 Å². The first kappa shape index (κ1) is 20.4. The number of rotatable bonds is 4. The van der Waals surface area contributed by atoms with Crippen molar-refractivity contribution in [3.63, 3.8) is 0 Å². The molecule has 168 valence electrons. The lowest BCUT2D eigenvalue weighted by Gasteiger charge is -2.17. The van der Waals surface area contributed by atoms with E-state index in [1.165, 1.54) is 10.2 Å². The molecule has 3 aromatic carbocycles. The van der Waals surface area contributed by atoms with Crippen LogP contribution >= 0.6 is 0 Å². The minimum atomic E-state index is -3.90. The molecule has 9 heteroatoms. The molecule has 8 nitrogen and oxygen atoms in total. The van der Waals surface area contributed by atoms with E-state index in [2.05, 4.69) is 20.6 Å². The zero-order valence-electron chi connectivity index (χ0n) is 17.9. The molecule has 1 amide bonds. The molecule has 0 bridgehead atoms. The van der Waals surface area contributed by atoms with Gasteiger partial charge in [-0.1, -0.05) is 36.4 Å². The Labute approximate surface area is 195 Å². The molecule has 2 N–H and O–H groups in total. The molecule has 1 aliphatic heterocycles. The first-order valence-corrected chi connectivity index (χ1v) is 12.2. The van der Waals surface area contributed by atoms with E-state index in [1.54, 1.807) is 30.5 Å². The lowest BCUT2D eigenvalue weighted by Crippen LogP contribution is -2.18. The van der Waals surface area contributed by atoms with E-state index in [0.717, 1.165) is 22.3 Å². The molecule has 0 radical (unpaired) electrons. The minimum absolute atomic E-state index is 0.00941. The molecular formula is C25H19N5O3S. The standard InChI is InChI=1S/C25H19N5O3S/c31-23-11-8-17-14-19(9-10-21(17)28-23)27-25-26-15-18-12-13-30(24(18)29-25)34(32,33)22-7-3-5-16-4-1-2-6-20(16)22/h1-7,9-10,12-15H,8,11H2,(H,28,31)(H,26,27,29). The zero-order valence-corrected chi connectivity index (χ0v) is 18.7. The molecular weight excluding hydrogens is 450 g/mol. The lowest BCUT2D eigenvalue weighted by molar-refractivity contribution is -0.116. The second kappa shape index (κ2) is 7.67. The van der Waals surface area contributed by atoms with Gasteiger partial charge in [0.15, 0.2) is 5.65 Å². The summed E-state index contributed by atoms with van der Waals surface area (Å²) in [7, 11) is -3.90. The molecule has 0 fully saturated rings. The van der Waals surface area contributed by atoms with E-state index in [9.17, 15) is 13.2 Å². The van der Waals surface area contributed by atoms with Gasteiger partial charge in [0.1, 0.15) is 0 Å². The second-order valence-corrected chi connectivity index (χ2v) is 9.89. The Morgan fingerprint density at radius 3 is 2.71 bits per heavy atom. The summed E-state index contributed by atoms with van der Waals surface area (Å²) in [6, 6.07) is 19.9. The number of hydrogen-bond donors (Lipinski definition) is 2. The highest BCUT2D eigenvalue weighted by atomic mass is 32.2. The predicted octanol–water partition coefficient (Wildman–Crippen LogP) is 4.45. The maximum atomic E-state index is 13.6. The molecule has 0 unspecified atom stereocenters. The predicted molar refractivity (Wildman–Crippen MR) is 131 cm³/mol. The smallest absolute Gasteiger partial charge is 0.269 e. The van der Waals surface area contributed by atoms with Crippen LogP contribution in [0, 0.1) is 0 Å². The Bertz CT molecular complexity index is 1700. The fraction of sp³-hybridized carbons (Fsp3) is 0.0800. The third-order valence-corrected chi connectivity index (χ3v) is 7.66. The number of carbonyl (C=O) groups excluding carboxylic acids is 1. The van der Waals surface area contributed by atoms with Crippen LogP contribution in [0.3, 0.4) is 0 Å². The number of hydrogen-bond acceptors (Lipinski definition) is 6. The summed E-state index contributed by atoms with van der Waals surface area (Å²) >= 11 is 0. The average Bonchev–Trinajstić information content (AvgIpc) is 3.28. The average molecular weight is 470 g/mol. The van der Waals surface area contributed by atoms with Gasteiger partial charge in [-0.15, -0.1) is 0 Å². The molecule has 34 heavy (non-hydrogen) atoms. The number of carbonyl (C=O) groups is 1. The van der Waals surface area contributed by atoms with Crippen molar-refractivity contribution in [3.05, 3.63) is 84.7 Å². The normalized spacial score (nSPS) is 13.6. The molecule has 5 aromatic rings. The summed E-state index contributed by atoms with van der Waals surface area (Å²) < 4.78 is 28.4. The van der Waals surface area contributed by atoms with Crippen LogP contribution in [-0.4, -0.2) is 28.3 Å². The van der Waals surface area contributed by atoms with E-state index in [-0.39, 0.29) is 22.4 Å². The van der Waals surface area contributed by atoms with Gasteiger partial charge < -0.3 is 10.6 Å². The van der Waals surface area contributed by atoms with Gasteiger partial charge in [-0.05, 0) is 47.7 Å². The second-order valence-electron chi connectivity index (χ2n) is 8.11. The quantitative estimate of drug-likeness (QED) is 0.403. The van der Waals surface area contributed by atoms with Gasteiger partial charge in [0.25, 0.3) is 10.0 Å². The van der Waals surface area contributed by atoms with Crippen molar-refractivity contribution in [2.24, 2.45) is 0 Å². The Hall–Kier alpha value is -4.24. The van der Waals surface area contributed by atoms with Crippen LogP contribution in [-0.2, 0) is 21.2 Å². The van der Waals surface area contributed by atoms with E-state index in [0.29, 0.717) is 23.6 Å². The third kappa shape index (κ3) is 3.37. The molecule has 0 saturated carbocycles. The highest BCUT2D eigenvalue weighted by Crippen LogP contribution is 2.29. The van der Waals surface area contributed by atoms with Crippen LogP contribution in [0.2, 0.25) is 0 Å². The summed E-state index contributed by atoms with van der Waals surface area (Å²) in [6.07, 6.45) is 4.20. The van der Waals surface area contributed by atoms with E-state index in [1.807, 2.05) is 42.5 Å². The van der Waals surface area contributed by atoms with Crippen LogP contribution < -0.4 is 10.6 Å². The van der Waals surface area contributed by atoms with Crippen molar-refractivity contribution in [2.45, 2.75) is 17.7 Å². The van der Waals surface area contributed by atoms with Gasteiger partial charge in [0, 0.05) is 41.0 Å². The summed E-state index contributed by atoms with van der Waals surface area (Å²) in [5, 5.41) is 8.12. The fourth-order valence-electron chi connectivity index (χ4n) is 4.27. The highest BCUT2D eigenvalue weighted by Gasteiger charge is 2.22. The number of nitrogens with zero attached hydrogens (tertiary/aromatic N) is 3. The van der Waals surface area contributed by atoms with Crippen molar-refractivity contribution in [2.75, 3.05) is 10.6 Å². The van der Waals surface area contributed by atoms with Crippen LogP contribution in [0.5, 0.6) is 0 Å². The summed E-state index contributed by atoms with van der Waals surface area (Å²) in [5.74, 6) is 0.288. The molecule has 0 aliphatic carbocycles. The Balaban J connectivity index is 1.40. The molecule has 3 heterocycles. The van der Waals surface area contributed by atoms with Crippen LogP contribution in [0.15, 0.2) is 84.0 Å². The molecule has 0 spiro atoms. The van der Waals surface area contributed by atoms with E-state index >= 15 is 0 Å². The van der Waals surface area contributed by atoms with Crippen LogP contribution in [0.1, 0.15) is 12.0 Å². The number of aromatic nitrogens is 3. The Kier molecular flexibility index (Phi) is 4.59. The van der Waals surface area contributed by atoms with Gasteiger partial charge >= 0.3 is 0 Å². The van der Waals surface area contributed by atoms with Crippen molar-refractivity contribution >= 4 is 55.1 Å². The first-order valence-electron chi connectivity index (χ1n) is 10.8. The SMILES string of the molecule is O=C1CCc2cc(Nc3ncc4ccn(S(=O)(=O)c5cccc6ccccc56)c4n3)ccc2N1. The number of anilines is 3. The number of benzene rings is 3.